The molecule has 0 radical (unpaired) electrons. The van der Waals surface area contributed by atoms with Crippen molar-refractivity contribution in [1.82, 2.24) is 0 Å². The van der Waals surface area contributed by atoms with Gasteiger partial charge in [-0.15, -0.1) is 0 Å². The Hall–Kier alpha value is -2.41. The van der Waals surface area contributed by atoms with E-state index in [1.165, 1.54) is 21.3 Å². The minimum atomic E-state index is -0.271. The first-order valence-corrected chi connectivity index (χ1v) is 7.78. The molecular formula is C17H18BrNO5. The predicted molar refractivity (Wildman–Crippen MR) is 94.7 cm³/mol. The third-order valence-electron chi connectivity index (χ3n) is 3.34. The molecule has 0 aromatic heterocycles. The molecule has 0 fully saturated rings. The lowest BCUT2D eigenvalue weighted by Crippen LogP contribution is -2.12. The van der Waals surface area contributed by atoms with Gasteiger partial charge in [0.1, 0.15) is 5.75 Å². The fourth-order valence-corrected chi connectivity index (χ4v) is 2.70. The Morgan fingerprint density at radius 3 is 1.92 bits per heavy atom. The maximum Gasteiger partial charge on any atom is 0.255 e. The molecule has 0 bridgehead atoms. The van der Waals surface area contributed by atoms with Gasteiger partial charge in [0.05, 0.1) is 32.9 Å². The largest absolute Gasteiger partial charge is 0.496 e. The smallest absolute Gasteiger partial charge is 0.255 e. The van der Waals surface area contributed by atoms with E-state index in [1.54, 1.807) is 37.4 Å². The summed E-state index contributed by atoms with van der Waals surface area (Å²) in [5.41, 5.74) is 1.01. The van der Waals surface area contributed by atoms with Gasteiger partial charge in [0.25, 0.3) is 5.91 Å². The van der Waals surface area contributed by atoms with Crippen LogP contribution in [0.2, 0.25) is 0 Å². The molecule has 24 heavy (non-hydrogen) atoms. The summed E-state index contributed by atoms with van der Waals surface area (Å²) in [7, 11) is 6.12. The molecule has 0 aliphatic carbocycles. The molecule has 1 N–H and O–H groups in total. The molecule has 0 saturated carbocycles. The van der Waals surface area contributed by atoms with Crippen molar-refractivity contribution in [2.45, 2.75) is 0 Å². The predicted octanol–water partition coefficient (Wildman–Crippen LogP) is 3.74. The average Bonchev–Trinajstić information content (AvgIpc) is 2.60. The maximum absolute atomic E-state index is 12.4. The Morgan fingerprint density at radius 1 is 0.875 bits per heavy atom. The molecule has 0 atom stereocenters. The highest BCUT2D eigenvalue weighted by molar-refractivity contribution is 9.10. The number of carbonyl (C=O) groups excluding carboxylic acids is 1. The monoisotopic (exact) mass is 395 g/mol. The number of hydrogen-bond donors (Lipinski definition) is 1. The second-order valence-electron chi connectivity index (χ2n) is 4.72. The Bertz CT molecular complexity index is 723. The number of ether oxygens (including phenoxy) is 4. The first-order valence-electron chi connectivity index (χ1n) is 6.99. The summed E-state index contributed by atoms with van der Waals surface area (Å²) in [5.74, 6) is 1.77. The zero-order valence-electron chi connectivity index (χ0n) is 13.8. The van der Waals surface area contributed by atoms with Crippen LogP contribution in [0, 0.1) is 0 Å². The highest BCUT2D eigenvalue weighted by Crippen LogP contribution is 2.40. The Balaban J connectivity index is 2.30. The van der Waals surface area contributed by atoms with Gasteiger partial charge in [-0.25, -0.2) is 0 Å². The van der Waals surface area contributed by atoms with Crippen molar-refractivity contribution in [2.75, 3.05) is 33.8 Å². The van der Waals surface area contributed by atoms with E-state index in [0.717, 1.165) is 0 Å². The number of benzene rings is 2. The van der Waals surface area contributed by atoms with Gasteiger partial charge in [-0.1, -0.05) is 0 Å². The third-order valence-corrected chi connectivity index (χ3v) is 3.96. The summed E-state index contributed by atoms with van der Waals surface area (Å²) >= 11 is 3.36. The zero-order valence-corrected chi connectivity index (χ0v) is 15.4. The molecule has 0 aliphatic rings. The van der Waals surface area contributed by atoms with Crippen molar-refractivity contribution < 1.29 is 23.7 Å². The Morgan fingerprint density at radius 2 is 1.46 bits per heavy atom. The fraction of sp³-hybridized carbons (Fsp3) is 0.235. The third kappa shape index (κ3) is 3.73. The van der Waals surface area contributed by atoms with Gasteiger partial charge in [0.2, 0.25) is 5.75 Å². The summed E-state index contributed by atoms with van der Waals surface area (Å²) in [4.78, 5) is 12.4. The van der Waals surface area contributed by atoms with Gasteiger partial charge in [0.15, 0.2) is 11.5 Å². The molecule has 0 aliphatic heterocycles. The van der Waals surface area contributed by atoms with Crippen LogP contribution in [-0.2, 0) is 0 Å². The number of carbonyl (C=O) groups is 1. The molecule has 0 spiro atoms. The summed E-state index contributed by atoms with van der Waals surface area (Å²) in [5, 5.41) is 2.81. The molecule has 1 amide bonds. The van der Waals surface area contributed by atoms with Crippen molar-refractivity contribution in [1.29, 1.82) is 0 Å². The Kier molecular flexibility index (Phi) is 5.92. The molecule has 2 aromatic carbocycles. The lowest BCUT2D eigenvalue weighted by molar-refractivity contribution is 0.102. The number of anilines is 1. The van der Waals surface area contributed by atoms with E-state index < -0.39 is 0 Å². The normalized spacial score (nSPS) is 10.0. The highest BCUT2D eigenvalue weighted by atomic mass is 79.9. The summed E-state index contributed by atoms with van der Waals surface area (Å²) in [6.07, 6.45) is 0. The zero-order chi connectivity index (χ0) is 17.7. The van der Waals surface area contributed by atoms with Gasteiger partial charge in [-0.05, 0) is 34.1 Å². The van der Waals surface area contributed by atoms with Crippen molar-refractivity contribution in [3.8, 4) is 23.0 Å². The van der Waals surface area contributed by atoms with Crippen molar-refractivity contribution in [3.05, 3.63) is 40.4 Å². The van der Waals surface area contributed by atoms with E-state index in [1.807, 2.05) is 0 Å². The number of amides is 1. The molecular weight excluding hydrogens is 378 g/mol. The van der Waals surface area contributed by atoms with Crippen LogP contribution in [0.25, 0.3) is 0 Å². The Labute approximate surface area is 148 Å². The van der Waals surface area contributed by atoms with Crippen LogP contribution in [0.15, 0.2) is 34.8 Å². The number of halogens is 1. The summed E-state index contributed by atoms with van der Waals surface area (Å²) in [6.45, 7) is 0. The van der Waals surface area contributed by atoms with Gasteiger partial charge >= 0.3 is 0 Å². The minimum absolute atomic E-state index is 0.271. The van der Waals surface area contributed by atoms with E-state index >= 15 is 0 Å². The topological polar surface area (TPSA) is 66.0 Å². The van der Waals surface area contributed by atoms with Crippen LogP contribution in [-0.4, -0.2) is 34.3 Å². The van der Waals surface area contributed by atoms with Crippen LogP contribution in [0.1, 0.15) is 10.4 Å². The van der Waals surface area contributed by atoms with Crippen molar-refractivity contribution in [2.24, 2.45) is 0 Å². The number of methoxy groups -OCH3 is 4. The molecule has 128 valence electrons. The summed E-state index contributed by atoms with van der Waals surface area (Å²) in [6, 6.07) is 8.41. The van der Waals surface area contributed by atoms with Crippen LogP contribution in [0.3, 0.4) is 0 Å². The molecule has 6 nitrogen and oxygen atoms in total. The lowest BCUT2D eigenvalue weighted by atomic mass is 10.2. The fourth-order valence-electron chi connectivity index (χ4n) is 2.16. The lowest BCUT2D eigenvalue weighted by Gasteiger charge is -2.14. The molecule has 0 heterocycles. The van der Waals surface area contributed by atoms with Crippen LogP contribution in [0.5, 0.6) is 23.0 Å². The van der Waals surface area contributed by atoms with Crippen molar-refractivity contribution in [3.63, 3.8) is 0 Å². The van der Waals surface area contributed by atoms with Crippen LogP contribution < -0.4 is 24.3 Å². The van der Waals surface area contributed by atoms with E-state index in [-0.39, 0.29) is 5.91 Å². The quantitative estimate of drug-likeness (QED) is 0.806. The van der Waals surface area contributed by atoms with Crippen molar-refractivity contribution >= 4 is 27.5 Å². The van der Waals surface area contributed by atoms with Gasteiger partial charge in [-0.3, -0.25) is 4.79 Å². The van der Waals surface area contributed by atoms with Gasteiger partial charge in [-0.2, -0.15) is 0 Å². The molecule has 7 heteroatoms. The van der Waals surface area contributed by atoms with E-state index in [0.29, 0.717) is 38.7 Å². The van der Waals surface area contributed by atoms with Gasteiger partial charge in [0, 0.05) is 23.4 Å². The van der Waals surface area contributed by atoms with E-state index in [2.05, 4.69) is 21.2 Å². The summed E-state index contributed by atoms with van der Waals surface area (Å²) < 4.78 is 21.7. The molecule has 0 saturated heterocycles. The average molecular weight is 396 g/mol. The maximum atomic E-state index is 12.4. The highest BCUT2D eigenvalue weighted by Gasteiger charge is 2.15. The number of hydrogen-bond acceptors (Lipinski definition) is 5. The standard InChI is InChI=1S/C17H18BrNO5/c1-21-13-6-5-10(7-12(13)18)17(20)19-11-8-14(22-2)16(24-4)15(9-11)23-3/h5-9H,1-4H3,(H,19,20). The van der Waals surface area contributed by atoms with Crippen LogP contribution >= 0.6 is 15.9 Å². The van der Waals surface area contributed by atoms with Crippen LogP contribution in [0.4, 0.5) is 5.69 Å². The number of rotatable bonds is 6. The molecule has 2 rings (SSSR count). The second kappa shape index (κ2) is 7.92. The SMILES string of the molecule is COc1ccc(C(=O)Nc2cc(OC)c(OC)c(OC)c2)cc1Br. The first-order chi connectivity index (χ1) is 11.5. The molecule has 2 aromatic rings. The first kappa shape index (κ1) is 17.9. The van der Waals surface area contributed by atoms with Gasteiger partial charge < -0.3 is 24.3 Å². The number of nitrogens with one attached hydrogen (secondary N) is 1. The van der Waals surface area contributed by atoms with E-state index in [9.17, 15) is 4.79 Å². The minimum Gasteiger partial charge on any atom is -0.496 e. The second-order valence-corrected chi connectivity index (χ2v) is 5.57. The van der Waals surface area contributed by atoms with E-state index in [4.69, 9.17) is 18.9 Å². The molecule has 0 unspecified atom stereocenters.